The van der Waals surface area contributed by atoms with E-state index in [2.05, 4.69) is 31.7 Å². The Morgan fingerprint density at radius 3 is 2.75 bits per heavy atom. The van der Waals surface area contributed by atoms with Crippen molar-refractivity contribution in [2.24, 2.45) is 5.92 Å². The molecule has 2 aromatic heterocycles. The van der Waals surface area contributed by atoms with Crippen molar-refractivity contribution >= 4 is 23.2 Å². The van der Waals surface area contributed by atoms with E-state index in [4.69, 9.17) is 0 Å². The molecule has 0 atom stereocenters. The Balaban J connectivity index is 1.57. The Morgan fingerprint density at radius 2 is 2.04 bits per heavy atom. The highest BCUT2D eigenvalue weighted by Gasteiger charge is 2.30. The van der Waals surface area contributed by atoms with Crippen molar-refractivity contribution in [3.63, 3.8) is 0 Å². The third kappa shape index (κ3) is 3.96. The molecule has 1 amide bonds. The summed E-state index contributed by atoms with van der Waals surface area (Å²) in [5.41, 5.74) is 4.10. The Labute approximate surface area is 162 Å². The third-order valence-electron chi connectivity index (χ3n) is 4.46. The van der Waals surface area contributed by atoms with Crippen LogP contribution in [-0.2, 0) is 4.79 Å². The topological polar surface area (TPSA) is 104 Å². The van der Waals surface area contributed by atoms with Crippen LogP contribution in [0.15, 0.2) is 48.8 Å². The van der Waals surface area contributed by atoms with Gasteiger partial charge in [0.1, 0.15) is 6.07 Å². The van der Waals surface area contributed by atoms with Crippen LogP contribution in [0.5, 0.6) is 0 Å². The monoisotopic (exact) mass is 370 g/mol. The average molecular weight is 370 g/mol. The highest BCUT2D eigenvalue weighted by Crippen LogP contribution is 2.31. The van der Waals surface area contributed by atoms with Gasteiger partial charge in [-0.1, -0.05) is 6.07 Å². The highest BCUT2D eigenvalue weighted by atomic mass is 16.2. The zero-order valence-electron chi connectivity index (χ0n) is 15.3. The lowest BCUT2D eigenvalue weighted by Gasteiger charge is -2.10. The summed E-state index contributed by atoms with van der Waals surface area (Å²) in [6.07, 6.45) is 5.20. The number of amides is 1. The first kappa shape index (κ1) is 17.6. The van der Waals surface area contributed by atoms with Crippen molar-refractivity contribution in [2.45, 2.75) is 19.8 Å². The molecule has 2 heterocycles. The number of nitriles is 1. The van der Waals surface area contributed by atoms with Crippen molar-refractivity contribution in [2.75, 3.05) is 10.6 Å². The maximum atomic E-state index is 12.0. The second-order valence-electron chi connectivity index (χ2n) is 6.71. The van der Waals surface area contributed by atoms with Gasteiger partial charge in [0, 0.05) is 23.4 Å². The normalized spacial score (nSPS) is 12.9. The Hall–Kier alpha value is -3.79. The summed E-state index contributed by atoms with van der Waals surface area (Å²) in [5, 5.41) is 15.4. The number of rotatable bonds is 5. The molecule has 0 spiro atoms. The van der Waals surface area contributed by atoms with Gasteiger partial charge in [-0.05, 0) is 50.1 Å². The van der Waals surface area contributed by atoms with Gasteiger partial charge in [0.05, 0.1) is 28.8 Å². The fraction of sp³-hybridized carbons (Fsp3) is 0.190. The van der Waals surface area contributed by atoms with Crippen molar-refractivity contribution in [3.05, 3.63) is 60.0 Å². The van der Waals surface area contributed by atoms with Gasteiger partial charge in [-0.2, -0.15) is 5.26 Å². The fourth-order valence-corrected chi connectivity index (χ4v) is 2.74. The summed E-state index contributed by atoms with van der Waals surface area (Å²) in [7, 11) is 0. The van der Waals surface area contributed by atoms with E-state index in [1.165, 1.54) is 0 Å². The standard InChI is InChI=1S/C21H18N6O/c1-13-2-6-17(12-24-13)25-21-23-9-8-19(27-21)15-5-7-18(16(10-15)11-22)26-20(28)14-3-4-14/h2,5-10,12,14H,3-4H2,1H3,(H,26,28)(H,23,25,27). The molecule has 1 aliphatic carbocycles. The molecule has 0 bridgehead atoms. The van der Waals surface area contributed by atoms with Crippen LogP contribution in [0, 0.1) is 24.2 Å². The molecule has 0 saturated heterocycles. The number of hydrogen-bond acceptors (Lipinski definition) is 6. The number of anilines is 3. The van der Waals surface area contributed by atoms with Gasteiger partial charge in [-0.25, -0.2) is 9.97 Å². The number of nitrogens with zero attached hydrogens (tertiary/aromatic N) is 4. The Kier molecular flexibility index (Phi) is 4.68. The number of aryl methyl sites for hydroxylation is 1. The van der Waals surface area contributed by atoms with Gasteiger partial charge in [-0.15, -0.1) is 0 Å². The summed E-state index contributed by atoms with van der Waals surface area (Å²) >= 11 is 0. The molecule has 0 aliphatic heterocycles. The zero-order valence-corrected chi connectivity index (χ0v) is 15.3. The first-order valence-corrected chi connectivity index (χ1v) is 9.00. The summed E-state index contributed by atoms with van der Waals surface area (Å²) in [6.45, 7) is 1.92. The maximum Gasteiger partial charge on any atom is 0.227 e. The van der Waals surface area contributed by atoms with Gasteiger partial charge < -0.3 is 10.6 Å². The molecule has 1 fully saturated rings. The number of aromatic nitrogens is 3. The lowest BCUT2D eigenvalue weighted by atomic mass is 10.1. The van der Waals surface area contributed by atoms with E-state index in [1.54, 1.807) is 30.6 Å². The first-order valence-electron chi connectivity index (χ1n) is 9.00. The van der Waals surface area contributed by atoms with Gasteiger partial charge in [0.15, 0.2) is 0 Å². The van der Waals surface area contributed by atoms with E-state index in [9.17, 15) is 10.1 Å². The van der Waals surface area contributed by atoms with E-state index in [-0.39, 0.29) is 11.8 Å². The predicted molar refractivity (Wildman–Crippen MR) is 106 cm³/mol. The number of carbonyl (C=O) groups is 1. The average Bonchev–Trinajstić information content (AvgIpc) is 3.56. The molecule has 138 valence electrons. The molecule has 0 unspecified atom stereocenters. The number of carbonyl (C=O) groups excluding carboxylic acids is 1. The second-order valence-corrected chi connectivity index (χ2v) is 6.71. The largest absolute Gasteiger partial charge is 0.325 e. The minimum atomic E-state index is -0.0236. The van der Waals surface area contributed by atoms with Gasteiger partial charge in [-0.3, -0.25) is 9.78 Å². The van der Waals surface area contributed by atoms with Crippen molar-refractivity contribution in [1.82, 2.24) is 15.0 Å². The number of pyridine rings is 1. The van der Waals surface area contributed by atoms with Gasteiger partial charge in [0.25, 0.3) is 0 Å². The lowest BCUT2D eigenvalue weighted by molar-refractivity contribution is -0.117. The smallest absolute Gasteiger partial charge is 0.227 e. The SMILES string of the molecule is Cc1ccc(Nc2nccc(-c3ccc(NC(=O)C4CC4)c(C#N)c3)n2)cn1. The minimum absolute atomic E-state index is 0.0236. The van der Waals surface area contributed by atoms with Crippen LogP contribution in [0.2, 0.25) is 0 Å². The third-order valence-corrected chi connectivity index (χ3v) is 4.46. The van der Waals surface area contributed by atoms with E-state index in [1.807, 2.05) is 25.1 Å². The minimum Gasteiger partial charge on any atom is -0.325 e. The molecule has 1 aromatic carbocycles. The number of benzene rings is 1. The number of hydrogen-bond donors (Lipinski definition) is 2. The predicted octanol–water partition coefficient (Wildman–Crippen LogP) is 3.81. The van der Waals surface area contributed by atoms with Crippen LogP contribution in [0.1, 0.15) is 24.1 Å². The molecule has 7 nitrogen and oxygen atoms in total. The van der Waals surface area contributed by atoms with E-state index in [0.29, 0.717) is 22.9 Å². The maximum absolute atomic E-state index is 12.0. The molecule has 2 N–H and O–H groups in total. The van der Waals surface area contributed by atoms with Gasteiger partial charge in [0.2, 0.25) is 11.9 Å². The summed E-state index contributed by atoms with van der Waals surface area (Å²) in [5.74, 6) is 0.496. The first-order chi connectivity index (χ1) is 13.6. The Bertz CT molecular complexity index is 1070. The fourth-order valence-electron chi connectivity index (χ4n) is 2.74. The van der Waals surface area contributed by atoms with Crippen molar-refractivity contribution < 1.29 is 4.79 Å². The van der Waals surface area contributed by atoms with Crippen LogP contribution < -0.4 is 10.6 Å². The Morgan fingerprint density at radius 1 is 1.18 bits per heavy atom. The zero-order chi connectivity index (χ0) is 19.5. The quantitative estimate of drug-likeness (QED) is 0.708. The molecule has 28 heavy (non-hydrogen) atoms. The van der Waals surface area contributed by atoms with E-state index < -0.39 is 0 Å². The molecular formula is C21H18N6O. The van der Waals surface area contributed by atoms with Crippen molar-refractivity contribution in [3.8, 4) is 17.3 Å². The summed E-state index contributed by atoms with van der Waals surface area (Å²) in [4.78, 5) is 25.0. The summed E-state index contributed by atoms with van der Waals surface area (Å²) in [6, 6.07) is 13.0. The summed E-state index contributed by atoms with van der Waals surface area (Å²) < 4.78 is 0. The molecule has 0 radical (unpaired) electrons. The molecule has 4 rings (SSSR count). The van der Waals surface area contributed by atoms with Crippen LogP contribution in [0.3, 0.4) is 0 Å². The highest BCUT2D eigenvalue weighted by molar-refractivity contribution is 5.95. The van der Waals surface area contributed by atoms with Crippen molar-refractivity contribution in [1.29, 1.82) is 5.26 Å². The van der Waals surface area contributed by atoms with Crippen LogP contribution in [0.4, 0.5) is 17.3 Å². The van der Waals surface area contributed by atoms with E-state index in [0.717, 1.165) is 29.8 Å². The van der Waals surface area contributed by atoms with Crippen LogP contribution in [0.25, 0.3) is 11.3 Å². The molecule has 1 aliphatic rings. The van der Waals surface area contributed by atoms with E-state index >= 15 is 0 Å². The van der Waals surface area contributed by atoms with Gasteiger partial charge >= 0.3 is 0 Å². The second kappa shape index (κ2) is 7.45. The molecular weight excluding hydrogens is 352 g/mol. The molecule has 7 heteroatoms. The molecule has 3 aromatic rings. The number of nitrogens with one attached hydrogen (secondary N) is 2. The van der Waals surface area contributed by atoms with Crippen LogP contribution >= 0.6 is 0 Å². The lowest BCUT2D eigenvalue weighted by Crippen LogP contribution is -2.14. The molecule has 1 saturated carbocycles. The van der Waals surface area contributed by atoms with Crippen LogP contribution in [-0.4, -0.2) is 20.9 Å².